The molecule has 4 heterocycles. The van der Waals surface area contributed by atoms with Crippen LogP contribution in [0.4, 0.5) is 11.8 Å². The van der Waals surface area contributed by atoms with Crippen molar-refractivity contribution in [2.45, 2.75) is 25.5 Å². The molecule has 1 saturated heterocycles. The van der Waals surface area contributed by atoms with Gasteiger partial charge < -0.3 is 19.4 Å². The number of hydrogen-bond donors (Lipinski definition) is 1. The fourth-order valence-corrected chi connectivity index (χ4v) is 3.82. The zero-order valence-electron chi connectivity index (χ0n) is 15.0. The van der Waals surface area contributed by atoms with Gasteiger partial charge in [-0.1, -0.05) is 35.5 Å². The number of β-amino-alcohol motifs (C(OH)–C–C–N with tert-alkyl or cyclic N) is 1. The Bertz CT molecular complexity index is 943. The number of aliphatic hydroxyl groups is 1. The normalized spacial score (nSPS) is 19.4. The average Bonchev–Trinajstić information content (AvgIpc) is 3.34. The maximum atomic E-state index is 9.79. The van der Waals surface area contributed by atoms with Crippen molar-refractivity contribution in [3.05, 3.63) is 53.9 Å². The van der Waals surface area contributed by atoms with Crippen molar-refractivity contribution in [2.75, 3.05) is 29.4 Å². The number of fused-ring (bicyclic) bond motifs is 1. The van der Waals surface area contributed by atoms with Crippen molar-refractivity contribution in [1.82, 2.24) is 15.1 Å². The van der Waals surface area contributed by atoms with Crippen LogP contribution in [0.25, 0.3) is 11.3 Å². The minimum Gasteiger partial charge on any atom is -0.391 e. The number of nitrogens with zero attached hydrogens (tertiary/aromatic N) is 5. The third kappa shape index (κ3) is 3.04. The molecule has 1 aromatic carbocycles. The Morgan fingerprint density at radius 1 is 1.07 bits per heavy atom. The van der Waals surface area contributed by atoms with E-state index >= 15 is 0 Å². The van der Waals surface area contributed by atoms with E-state index in [-0.39, 0.29) is 6.10 Å². The maximum absolute atomic E-state index is 9.79. The van der Waals surface area contributed by atoms with Crippen LogP contribution in [0, 0.1) is 0 Å². The molecular formula is C20H21N5O2. The molecule has 7 heteroatoms. The molecule has 0 amide bonds. The Hall–Kier alpha value is -2.93. The molecule has 0 bridgehead atoms. The summed E-state index contributed by atoms with van der Waals surface area (Å²) >= 11 is 0. The van der Waals surface area contributed by atoms with Crippen LogP contribution in [0.15, 0.2) is 47.1 Å². The van der Waals surface area contributed by atoms with Crippen LogP contribution in [-0.2, 0) is 13.0 Å². The van der Waals surface area contributed by atoms with Crippen molar-refractivity contribution < 1.29 is 9.63 Å². The van der Waals surface area contributed by atoms with Crippen molar-refractivity contribution in [3.63, 3.8) is 0 Å². The van der Waals surface area contributed by atoms with E-state index in [9.17, 15) is 5.11 Å². The average molecular weight is 363 g/mol. The Morgan fingerprint density at radius 2 is 1.96 bits per heavy atom. The van der Waals surface area contributed by atoms with E-state index in [1.54, 1.807) is 6.20 Å². The van der Waals surface area contributed by atoms with E-state index < -0.39 is 0 Å². The number of aliphatic hydroxyl groups excluding tert-OH is 1. The third-order valence-electron chi connectivity index (χ3n) is 5.27. The van der Waals surface area contributed by atoms with Crippen LogP contribution in [0.1, 0.15) is 17.7 Å². The monoisotopic (exact) mass is 363 g/mol. The molecule has 7 nitrogen and oxygen atoms in total. The first-order chi connectivity index (χ1) is 13.3. The van der Waals surface area contributed by atoms with Gasteiger partial charge in [0.05, 0.1) is 12.6 Å². The largest absolute Gasteiger partial charge is 0.391 e. The maximum Gasteiger partial charge on any atom is 0.227 e. The quantitative estimate of drug-likeness (QED) is 0.765. The second-order valence-electron chi connectivity index (χ2n) is 7.07. The standard InChI is InChI=1S/C20H21N5O2/c26-15-7-10-24(12-15)18-6-9-21-20(22-18)25-11-8-17-16(13-25)19(23-27-17)14-4-2-1-3-5-14/h1-6,9,15,26H,7-8,10-13H2. The molecule has 3 aromatic rings. The molecule has 27 heavy (non-hydrogen) atoms. The molecule has 2 aliphatic heterocycles. The lowest BCUT2D eigenvalue weighted by molar-refractivity contribution is 0.198. The van der Waals surface area contributed by atoms with E-state index in [0.717, 1.165) is 54.3 Å². The van der Waals surface area contributed by atoms with Gasteiger partial charge in [0.25, 0.3) is 0 Å². The highest BCUT2D eigenvalue weighted by atomic mass is 16.5. The van der Waals surface area contributed by atoms with Crippen LogP contribution in [0.5, 0.6) is 0 Å². The summed E-state index contributed by atoms with van der Waals surface area (Å²) in [7, 11) is 0. The minimum absolute atomic E-state index is 0.272. The van der Waals surface area contributed by atoms with E-state index in [2.05, 4.69) is 19.9 Å². The molecule has 1 atom stereocenters. The lowest BCUT2D eigenvalue weighted by Gasteiger charge is -2.27. The molecule has 0 spiro atoms. The van der Waals surface area contributed by atoms with Crippen LogP contribution in [-0.4, -0.2) is 46.0 Å². The predicted octanol–water partition coefficient (Wildman–Crippen LogP) is 2.27. The molecule has 0 saturated carbocycles. The molecular weight excluding hydrogens is 342 g/mol. The number of benzene rings is 1. The van der Waals surface area contributed by atoms with Gasteiger partial charge in [-0.3, -0.25) is 0 Å². The fraction of sp³-hybridized carbons (Fsp3) is 0.350. The Labute approximate surface area is 157 Å². The van der Waals surface area contributed by atoms with Gasteiger partial charge in [0.15, 0.2) is 0 Å². The van der Waals surface area contributed by atoms with Gasteiger partial charge in [0.2, 0.25) is 5.95 Å². The number of aromatic nitrogens is 3. The lowest BCUT2D eigenvalue weighted by atomic mass is 10.0. The summed E-state index contributed by atoms with van der Waals surface area (Å²) in [6.45, 7) is 2.92. The van der Waals surface area contributed by atoms with E-state index in [1.807, 2.05) is 36.4 Å². The molecule has 0 radical (unpaired) electrons. The first-order valence-corrected chi connectivity index (χ1v) is 9.32. The van der Waals surface area contributed by atoms with Crippen LogP contribution in [0.2, 0.25) is 0 Å². The summed E-state index contributed by atoms with van der Waals surface area (Å²) in [6, 6.07) is 12.0. The lowest BCUT2D eigenvalue weighted by Crippen LogP contribution is -2.32. The van der Waals surface area contributed by atoms with E-state index in [0.29, 0.717) is 19.0 Å². The highest BCUT2D eigenvalue weighted by molar-refractivity contribution is 5.64. The smallest absolute Gasteiger partial charge is 0.227 e. The summed E-state index contributed by atoms with van der Waals surface area (Å²) < 4.78 is 5.59. The second-order valence-corrected chi connectivity index (χ2v) is 7.07. The Morgan fingerprint density at radius 3 is 2.78 bits per heavy atom. The predicted molar refractivity (Wildman–Crippen MR) is 102 cm³/mol. The van der Waals surface area contributed by atoms with Gasteiger partial charge in [-0.2, -0.15) is 4.98 Å². The van der Waals surface area contributed by atoms with E-state index in [4.69, 9.17) is 9.51 Å². The van der Waals surface area contributed by atoms with Gasteiger partial charge >= 0.3 is 0 Å². The minimum atomic E-state index is -0.272. The van der Waals surface area contributed by atoms with Crippen molar-refractivity contribution in [3.8, 4) is 11.3 Å². The van der Waals surface area contributed by atoms with Crippen molar-refractivity contribution in [2.24, 2.45) is 0 Å². The SMILES string of the molecule is OC1CCN(c2ccnc(N3CCc4onc(-c5ccccc5)c4C3)n2)C1. The molecule has 1 fully saturated rings. The van der Waals surface area contributed by atoms with E-state index in [1.165, 1.54) is 0 Å². The van der Waals surface area contributed by atoms with Gasteiger partial charge in [-0.25, -0.2) is 4.98 Å². The zero-order valence-corrected chi connectivity index (χ0v) is 15.0. The first-order valence-electron chi connectivity index (χ1n) is 9.32. The van der Waals surface area contributed by atoms with Gasteiger partial charge in [-0.15, -0.1) is 0 Å². The van der Waals surface area contributed by atoms with Gasteiger partial charge in [0, 0.05) is 43.4 Å². The Balaban J connectivity index is 1.42. The molecule has 2 aromatic heterocycles. The third-order valence-corrected chi connectivity index (χ3v) is 5.27. The van der Waals surface area contributed by atoms with Crippen molar-refractivity contribution >= 4 is 11.8 Å². The first kappa shape index (κ1) is 16.3. The molecule has 138 valence electrons. The number of rotatable bonds is 3. The zero-order chi connectivity index (χ0) is 18.2. The second kappa shape index (κ2) is 6.66. The molecule has 2 aliphatic rings. The Kier molecular flexibility index (Phi) is 4.01. The number of hydrogen-bond acceptors (Lipinski definition) is 7. The highest BCUT2D eigenvalue weighted by Crippen LogP contribution is 2.31. The topological polar surface area (TPSA) is 78.5 Å². The van der Waals surface area contributed by atoms with Gasteiger partial charge in [0.1, 0.15) is 17.3 Å². The van der Waals surface area contributed by atoms with Gasteiger partial charge in [-0.05, 0) is 12.5 Å². The molecule has 1 unspecified atom stereocenters. The van der Waals surface area contributed by atoms with Crippen LogP contribution < -0.4 is 9.80 Å². The van der Waals surface area contributed by atoms with Crippen molar-refractivity contribution in [1.29, 1.82) is 0 Å². The molecule has 1 N–H and O–H groups in total. The summed E-state index contributed by atoms with van der Waals surface area (Å²) in [4.78, 5) is 13.5. The molecule has 0 aliphatic carbocycles. The van der Waals surface area contributed by atoms with Crippen LogP contribution in [0.3, 0.4) is 0 Å². The summed E-state index contributed by atoms with van der Waals surface area (Å²) in [6.07, 6.45) is 3.09. The number of anilines is 2. The highest BCUT2D eigenvalue weighted by Gasteiger charge is 2.27. The van der Waals surface area contributed by atoms with Crippen LogP contribution >= 0.6 is 0 Å². The molecule has 5 rings (SSSR count). The summed E-state index contributed by atoms with van der Waals surface area (Å²) in [5.74, 6) is 2.53. The summed E-state index contributed by atoms with van der Waals surface area (Å²) in [5, 5.41) is 14.1. The summed E-state index contributed by atoms with van der Waals surface area (Å²) in [5.41, 5.74) is 3.07. The fourth-order valence-electron chi connectivity index (χ4n) is 3.82.